The number of rotatable bonds is 6. The SMILES string of the molecule is CCC1CCC(Cn2c(N3CCO[C@H]4CCC[C@@H]43)nc3cc(-c4n[nH]c(=O)o4)nc(-c4cncc(Cl)c4)c32)CC1. The molecule has 210 valence electrons. The van der Waals surface area contributed by atoms with E-state index >= 15 is 0 Å². The molecule has 11 heteroatoms. The van der Waals surface area contributed by atoms with Crippen LogP contribution >= 0.6 is 11.6 Å². The third kappa shape index (κ3) is 4.71. The zero-order valence-electron chi connectivity index (χ0n) is 22.7. The number of aromatic nitrogens is 6. The fourth-order valence-corrected chi connectivity index (χ4v) is 7.16. The fraction of sp³-hybridized carbons (Fsp3) is 0.552. The summed E-state index contributed by atoms with van der Waals surface area (Å²) in [6, 6.07) is 4.05. The molecular formula is C29H34ClN7O3. The molecule has 1 aliphatic heterocycles. The standard InChI is InChI=1S/C29H34ClN7O3/c1-2-17-6-8-18(9-7-17)16-37-26-21(33-28(37)36-10-11-39-24-5-3-4-23(24)36)13-22(27-34-35-29(38)40-27)32-25(26)19-12-20(30)15-31-14-19/h12-15,17-18,23-24H,2-11,16H2,1H3,(H,35,38)/t17?,18?,23-,24-/m0/s1. The highest BCUT2D eigenvalue weighted by atomic mass is 35.5. The Morgan fingerprint density at radius 3 is 2.70 bits per heavy atom. The van der Waals surface area contributed by atoms with Crippen molar-refractivity contribution in [3.63, 3.8) is 0 Å². The van der Waals surface area contributed by atoms with E-state index in [1.54, 1.807) is 12.4 Å². The lowest BCUT2D eigenvalue weighted by molar-refractivity contribution is 0.0247. The average Bonchev–Trinajstić information content (AvgIpc) is 3.71. The van der Waals surface area contributed by atoms with Crippen LogP contribution in [0, 0.1) is 11.8 Å². The third-order valence-electron chi connectivity index (χ3n) is 9.06. The van der Waals surface area contributed by atoms with Crippen molar-refractivity contribution in [3.05, 3.63) is 40.1 Å². The number of fused-ring (bicyclic) bond motifs is 2. The van der Waals surface area contributed by atoms with E-state index in [-0.39, 0.29) is 12.0 Å². The van der Waals surface area contributed by atoms with Crippen LogP contribution in [0.15, 0.2) is 33.7 Å². The topological polar surface area (TPSA) is 115 Å². The van der Waals surface area contributed by atoms with Gasteiger partial charge in [-0.15, -0.1) is 5.10 Å². The van der Waals surface area contributed by atoms with Gasteiger partial charge in [-0.1, -0.05) is 37.8 Å². The zero-order valence-corrected chi connectivity index (χ0v) is 23.4. The lowest BCUT2D eigenvalue weighted by atomic mass is 9.81. The number of anilines is 1. The second-order valence-corrected chi connectivity index (χ2v) is 11.9. The van der Waals surface area contributed by atoms with E-state index in [1.807, 2.05) is 12.1 Å². The van der Waals surface area contributed by atoms with Gasteiger partial charge >= 0.3 is 5.76 Å². The van der Waals surface area contributed by atoms with Crippen LogP contribution in [-0.4, -0.2) is 55.0 Å². The Balaban J connectivity index is 1.42. The molecule has 7 rings (SSSR count). The first kappa shape index (κ1) is 25.7. The number of nitrogens with one attached hydrogen (secondary N) is 1. The van der Waals surface area contributed by atoms with Crippen LogP contribution in [0.4, 0.5) is 5.95 Å². The molecule has 2 aliphatic carbocycles. The summed E-state index contributed by atoms with van der Waals surface area (Å²) in [7, 11) is 0. The van der Waals surface area contributed by atoms with Gasteiger partial charge in [0.15, 0.2) is 0 Å². The maximum absolute atomic E-state index is 11.8. The summed E-state index contributed by atoms with van der Waals surface area (Å²) in [5, 5.41) is 6.92. The first-order valence-electron chi connectivity index (χ1n) is 14.5. The van der Waals surface area contributed by atoms with E-state index in [4.69, 9.17) is 30.7 Å². The molecule has 0 bridgehead atoms. The van der Waals surface area contributed by atoms with Crippen molar-refractivity contribution in [2.24, 2.45) is 11.8 Å². The van der Waals surface area contributed by atoms with Crippen molar-refractivity contribution in [2.45, 2.75) is 77.0 Å². The van der Waals surface area contributed by atoms with Gasteiger partial charge in [0.1, 0.15) is 5.69 Å². The number of halogens is 1. The summed E-state index contributed by atoms with van der Waals surface area (Å²) in [4.78, 5) is 28.9. The third-order valence-corrected chi connectivity index (χ3v) is 9.27. The van der Waals surface area contributed by atoms with Gasteiger partial charge in [-0.2, -0.15) is 0 Å². The zero-order chi connectivity index (χ0) is 27.2. The number of imidazole rings is 1. The largest absolute Gasteiger partial charge is 0.434 e. The van der Waals surface area contributed by atoms with E-state index in [0.29, 0.717) is 35.0 Å². The van der Waals surface area contributed by atoms with Gasteiger partial charge in [0.05, 0.1) is 40.5 Å². The van der Waals surface area contributed by atoms with Gasteiger partial charge in [-0.25, -0.2) is 19.9 Å². The number of ether oxygens (including phenoxy) is 1. The number of aromatic amines is 1. The van der Waals surface area contributed by atoms with Crippen molar-refractivity contribution in [2.75, 3.05) is 18.1 Å². The van der Waals surface area contributed by atoms with Crippen molar-refractivity contribution in [1.82, 2.24) is 29.7 Å². The molecule has 10 nitrogen and oxygen atoms in total. The van der Waals surface area contributed by atoms with Gasteiger partial charge in [0, 0.05) is 31.0 Å². The van der Waals surface area contributed by atoms with Crippen LogP contribution in [0.2, 0.25) is 5.02 Å². The molecule has 3 fully saturated rings. The second-order valence-electron chi connectivity index (χ2n) is 11.5. The number of pyridine rings is 2. The molecule has 3 aliphatic rings. The maximum atomic E-state index is 11.8. The second kappa shape index (κ2) is 10.6. The molecule has 0 unspecified atom stereocenters. The Hall–Kier alpha value is -3.24. The number of hydrogen-bond donors (Lipinski definition) is 1. The van der Waals surface area contributed by atoms with Gasteiger partial charge < -0.3 is 18.6 Å². The highest BCUT2D eigenvalue weighted by Crippen LogP contribution is 2.40. The molecular weight excluding hydrogens is 530 g/mol. The minimum absolute atomic E-state index is 0.124. The molecule has 5 heterocycles. The number of H-pyrrole nitrogens is 1. The predicted molar refractivity (Wildman–Crippen MR) is 152 cm³/mol. The summed E-state index contributed by atoms with van der Waals surface area (Å²) in [5.41, 5.74) is 3.63. The van der Waals surface area contributed by atoms with E-state index in [0.717, 1.165) is 60.8 Å². The van der Waals surface area contributed by atoms with Crippen LogP contribution in [0.1, 0.15) is 58.3 Å². The molecule has 0 amide bonds. The smallest absolute Gasteiger partial charge is 0.386 e. The normalized spacial score (nSPS) is 25.0. The van der Waals surface area contributed by atoms with E-state index in [1.165, 1.54) is 32.1 Å². The Morgan fingerprint density at radius 2 is 1.93 bits per heavy atom. The summed E-state index contributed by atoms with van der Waals surface area (Å²) in [6.45, 7) is 4.67. The molecule has 40 heavy (non-hydrogen) atoms. The monoisotopic (exact) mass is 563 g/mol. The highest BCUT2D eigenvalue weighted by Gasteiger charge is 2.39. The molecule has 0 spiro atoms. The fourth-order valence-electron chi connectivity index (χ4n) is 6.98. The van der Waals surface area contributed by atoms with E-state index in [2.05, 4.69) is 31.6 Å². The van der Waals surface area contributed by atoms with E-state index in [9.17, 15) is 4.79 Å². The molecule has 1 saturated heterocycles. The molecule has 4 aromatic rings. The predicted octanol–water partition coefficient (Wildman–Crippen LogP) is 5.46. The quantitative estimate of drug-likeness (QED) is 0.329. The van der Waals surface area contributed by atoms with Gasteiger partial charge in [0.25, 0.3) is 5.89 Å². The van der Waals surface area contributed by atoms with Gasteiger partial charge in [-0.3, -0.25) is 4.98 Å². The average molecular weight is 564 g/mol. The summed E-state index contributed by atoms with van der Waals surface area (Å²) in [6.07, 6.45) is 13.2. The Morgan fingerprint density at radius 1 is 1.07 bits per heavy atom. The minimum Gasteiger partial charge on any atom is -0.386 e. The summed E-state index contributed by atoms with van der Waals surface area (Å²) < 4.78 is 13.8. The van der Waals surface area contributed by atoms with E-state index < -0.39 is 5.76 Å². The number of morpholine rings is 1. The van der Waals surface area contributed by atoms with Gasteiger partial charge in [-0.05, 0) is 56.1 Å². The lowest BCUT2D eigenvalue weighted by Gasteiger charge is -2.39. The molecule has 2 atom stereocenters. The molecule has 0 aromatic carbocycles. The number of nitrogens with zero attached hydrogens (tertiary/aromatic N) is 6. The summed E-state index contributed by atoms with van der Waals surface area (Å²) in [5.74, 6) is 1.85. The summed E-state index contributed by atoms with van der Waals surface area (Å²) >= 11 is 6.40. The highest BCUT2D eigenvalue weighted by molar-refractivity contribution is 6.30. The first-order valence-corrected chi connectivity index (χ1v) is 14.9. The van der Waals surface area contributed by atoms with Crippen LogP contribution in [-0.2, 0) is 11.3 Å². The van der Waals surface area contributed by atoms with Crippen molar-refractivity contribution < 1.29 is 9.15 Å². The van der Waals surface area contributed by atoms with Crippen LogP contribution < -0.4 is 10.7 Å². The number of hydrogen-bond acceptors (Lipinski definition) is 8. The minimum atomic E-state index is -0.627. The molecule has 2 saturated carbocycles. The Labute approximate surface area is 237 Å². The van der Waals surface area contributed by atoms with Gasteiger partial charge in [0.2, 0.25) is 5.95 Å². The van der Waals surface area contributed by atoms with Crippen LogP contribution in [0.25, 0.3) is 33.9 Å². The first-order chi connectivity index (χ1) is 19.6. The van der Waals surface area contributed by atoms with Crippen LogP contribution in [0.3, 0.4) is 0 Å². The Bertz CT molecular complexity index is 1570. The van der Waals surface area contributed by atoms with Crippen LogP contribution in [0.5, 0.6) is 0 Å². The maximum Gasteiger partial charge on any atom is 0.434 e. The van der Waals surface area contributed by atoms with Crippen molar-refractivity contribution >= 4 is 28.6 Å². The van der Waals surface area contributed by atoms with Crippen molar-refractivity contribution in [3.8, 4) is 22.8 Å². The molecule has 1 N–H and O–H groups in total. The molecule has 4 aromatic heterocycles. The van der Waals surface area contributed by atoms with Crippen molar-refractivity contribution in [1.29, 1.82) is 0 Å². The lowest BCUT2D eigenvalue weighted by Crippen LogP contribution is -2.49. The molecule has 0 radical (unpaired) electrons. The Kier molecular flexibility index (Phi) is 6.83.